The van der Waals surface area contributed by atoms with E-state index in [-0.39, 0.29) is 0 Å². The molecule has 0 aliphatic carbocycles. The second-order valence-corrected chi connectivity index (χ2v) is 4.68. The molecule has 4 heteroatoms. The average Bonchev–Trinajstić information content (AvgIpc) is 2.37. The van der Waals surface area contributed by atoms with Crippen molar-refractivity contribution in [2.45, 2.75) is 34.1 Å². The Kier molecular flexibility index (Phi) is 3.69. The number of benzene rings is 1. The van der Waals surface area contributed by atoms with Gasteiger partial charge in [0.25, 0.3) is 0 Å². The summed E-state index contributed by atoms with van der Waals surface area (Å²) in [5.74, 6) is 2.51. The molecule has 0 fully saturated rings. The predicted octanol–water partition coefficient (Wildman–Crippen LogP) is 3.34. The maximum absolute atomic E-state index is 5.89. The smallest absolute Gasteiger partial charge is 0.227 e. The van der Waals surface area contributed by atoms with Crippen molar-refractivity contribution < 1.29 is 4.74 Å². The standard InChI is InChI=1S/C15H19N3O/c1-5-13-17-14(16)11(4)15(18-13)19-12-7-6-9(2)8-10(12)3/h6-8H,5H2,1-4H3,(H2,16,17,18). The summed E-state index contributed by atoms with van der Waals surface area (Å²) in [4.78, 5) is 8.61. The minimum Gasteiger partial charge on any atom is -0.438 e. The third-order valence-corrected chi connectivity index (χ3v) is 3.04. The first-order valence-corrected chi connectivity index (χ1v) is 6.39. The van der Waals surface area contributed by atoms with Gasteiger partial charge in [0.1, 0.15) is 17.4 Å². The number of hydrogen-bond donors (Lipinski definition) is 1. The van der Waals surface area contributed by atoms with Crippen molar-refractivity contribution in [1.29, 1.82) is 0 Å². The van der Waals surface area contributed by atoms with E-state index in [0.717, 1.165) is 23.3 Å². The van der Waals surface area contributed by atoms with Gasteiger partial charge in [-0.25, -0.2) is 4.98 Å². The first-order chi connectivity index (χ1) is 9.01. The van der Waals surface area contributed by atoms with Crippen LogP contribution in [0.15, 0.2) is 18.2 Å². The summed E-state index contributed by atoms with van der Waals surface area (Å²) in [6.07, 6.45) is 0.730. The summed E-state index contributed by atoms with van der Waals surface area (Å²) in [6.45, 7) is 7.93. The Hall–Kier alpha value is -2.10. The van der Waals surface area contributed by atoms with E-state index in [4.69, 9.17) is 10.5 Å². The Morgan fingerprint density at radius 2 is 1.89 bits per heavy atom. The molecule has 4 nitrogen and oxygen atoms in total. The van der Waals surface area contributed by atoms with Gasteiger partial charge in [-0.05, 0) is 32.4 Å². The zero-order valence-electron chi connectivity index (χ0n) is 11.8. The lowest BCUT2D eigenvalue weighted by Crippen LogP contribution is -2.04. The monoisotopic (exact) mass is 257 g/mol. The number of nitrogens with zero attached hydrogens (tertiary/aromatic N) is 2. The molecule has 100 valence electrons. The minimum atomic E-state index is 0.478. The molecular weight excluding hydrogens is 238 g/mol. The summed E-state index contributed by atoms with van der Waals surface area (Å²) < 4.78 is 5.89. The fraction of sp³-hybridized carbons (Fsp3) is 0.333. The Labute approximate surface area is 113 Å². The van der Waals surface area contributed by atoms with Crippen LogP contribution in [0.3, 0.4) is 0 Å². The predicted molar refractivity (Wildman–Crippen MR) is 76.5 cm³/mol. The maximum atomic E-state index is 5.89. The summed E-state index contributed by atoms with van der Waals surface area (Å²) in [5.41, 5.74) is 8.94. The van der Waals surface area contributed by atoms with Crippen LogP contribution in [0.25, 0.3) is 0 Å². The molecule has 0 spiro atoms. The van der Waals surface area contributed by atoms with Crippen molar-refractivity contribution in [3.05, 3.63) is 40.7 Å². The average molecular weight is 257 g/mol. The molecule has 0 unspecified atom stereocenters. The lowest BCUT2D eigenvalue weighted by atomic mass is 10.1. The molecule has 0 aliphatic heterocycles. The highest BCUT2D eigenvalue weighted by atomic mass is 16.5. The SMILES string of the molecule is CCc1nc(N)c(C)c(Oc2ccc(C)cc2C)n1. The first kappa shape index (κ1) is 13.3. The van der Waals surface area contributed by atoms with Crippen LogP contribution in [0.4, 0.5) is 5.82 Å². The fourth-order valence-electron chi connectivity index (χ4n) is 1.83. The number of aryl methyl sites for hydroxylation is 3. The topological polar surface area (TPSA) is 61.0 Å². The summed E-state index contributed by atoms with van der Waals surface area (Å²) in [5, 5.41) is 0. The number of hydrogen-bond acceptors (Lipinski definition) is 4. The van der Waals surface area contributed by atoms with Crippen LogP contribution in [0.5, 0.6) is 11.6 Å². The van der Waals surface area contributed by atoms with Crippen molar-refractivity contribution in [1.82, 2.24) is 9.97 Å². The van der Waals surface area contributed by atoms with Crippen LogP contribution in [-0.4, -0.2) is 9.97 Å². The zero-order chi connectivity index (χ0) is 14.0. The van der Waals surface area contributed by atoms with E-state index in [0.29, 0.717) is 17.5 Å². The van der Waals surface area contributed by atoms with E-state index in [1.54, 1.807) is 0 Å². The van der Waals surface area contributed by atoms with E-state index in [1.807, 2.05) is 32.9 Å². The summed E-state index contributed by atoms with van der Waals surface area (Å²) in [6, 6.07) is 6.05. The third kappa shape index (κ3) is 2.84. The van der Waals surface area contributed by atoms with Gasteiger partial charge in [-0.2, -0.15) is 4.98 Å². The van der Waals surface area contributed by atoms with Crippen LogP contribution in [-0.2, 0) is 6.42 Å². The maximum Gasteiger partial charge on any atom is 0.227 e. The van der Waals surface area contributed by atoms with Gasteiger partial charge >= 0.3 is 0 Å². The summed E-state index contributed by atoms with van der Waals surface area (Å²) >= 11 is 0. The molecule has 1 aromatic heterocycles. The van der Waals surface area contributed by atoms with Gasteiger partial charge in [-0.1, -0.05) is 24.6 Å². The summed E-state index contributed by atoms with van der Waals surface area (Å²) in [7, 11) is 0. The molecule has 0 saturated carbocycles. The van der Waals surface area contributed by atoms with Crippen LogP contribution in [0.1, 0.15) is 29.4 Å². The van der Waals surface area contributed by atoms with Gasteiger partial charge in [-0.3, -0.25) is 0 Å². The van der Waals surface area contributed by atoms with Crippen molar-refractivity contribution in [3.8, 4) is 11.6 Å². The molecule has 0 saturated heterocycles. The van der Waals surface area contributed by atoms with Crippen molar-refractivity contribution >= 4 is 5.82 Å². The Morgan fingerprint density at radius 3 is 2.53 bits per heavy atom. The van der Waals surface area contributed by atoms with Crippen LogP contribution in [0.2, 0.25) is 0 Å². The van der Waals surface area contributed by atoms with Gasteiger partial charge < -0.3 is 10.5 Å². The number of aromatic nitrogens is 2. The number of anilines is 1. The molecule has 2 N–H and O–H groups in total. The lowest BCUT2D eigenvalue weighted by Gasteiger charge is -2.12. The quantitative estimate of drug-likeness (QED) is 0.916. The molecule has 1 heterocycles. The van der Waals surface area contributed by atoms with E-state index < -0.39 is 0 Å². The van der Waals surface area contributed by atoms with Crippen molar-refractivity contribution in [2.24, 2.45) is 0 Å². The number of rotatable bonds is 3. The zero-order valence-corrected chi connectivity index (χ0v) is 11.8. The third-order valence-electron chi connectivity index (χ3n) is 3.04. The van der Waals surface area contributed by atoms with Gasteiger partial charge in [0.05, 0.1) is 5.56 Å². The van der Waals surface area contributed by atoms with E-state index in [9.17, 15) is 0 Å². The highest BCUT2D eigenvalue weighted by Crippen LogP contribution is 2.28. The van der Waals surface area contributed by atoms with Gasteiger partial charge in [0, 0.05) is 6.42 Å². The molecule has 0 aliphatic rings. The first-order valence-electron chi connectivity index (χ1n) is 6.39. The minimum absolute atomic E-state index is 0.478. The molecule has 1 aromatic carbocycles. The Balaban J connectivity index is 2.40. The Bertz CT molecular complexity index is 609. The molecule has 0 radical (unpaired) electrons. The molecule has 19 heavy (non-hydrogen) atoms. The van der Waals surface area contributed by atoms with Gasteiger partial charge in [0.15, 0.2) is 0 Å². The van der Waals surface area contributed by atoms with E-state index in [2.05, 4.69) is 23.0 Å². The van der Waals surface area contributed by atoms with Crippen LogP contribution < -0.4 is 10.5 Å². The molecule has 0 bridgehead atoms. The van der Waals surface area contributed by atoms with Gasteiger partial charge in [0.2, 0.25) is 5.88 Å². The number of ether oxygens (including phenoxy) is 1. The van der Waals surface area contributed by atoms with Crippen LogP contribution >= 0.6 is 0 Å². The molecule has 0 atom stereocenters. The number of nitrogen functional groups attached to an aromatic ring is 1. The molecule has 2 aromatic rings. The second kappa shape index (κ2) is 5.26. The molecule has 2 rings (SSSR count). The lowest BCUT2D eigenvalue weighted by molar-refractivity contribution is 0.452. The molecule has 0 amide bonds. The van der Waals surface area contributed by atoms with E-state index >= 15 is 0 Å². The van der Waals surface area contributed by atoms with Crippen molar-refractivity contribution in [2.75, 3.05) is 5.73 Å². The van der Waals surface area contributed by atoms with Gasteiger partial charge in [-0.15, -0.1) is 0 Å². The molecular formula is C15H19N3O. The normalized spacial score (nSPS) is 10.5. The highest BCUT2D eigenvalue weighted by Gasteiger charge is 2.11. The fourth-order valence-corrected chi connectivity index (χ4v) is 1.83. The number of nitrogens with two attached hydrogens (primary N) is 1. The largest absolute Gasteiger partial charge is 0.438 e. The Morgan fingerprint density at radius 1 is 1.16 bits per heavy atom. The van der Waals surface area contributed by atoms with E-state index in [1.165, 1.54) is 5.56 Å². The second-order valence-electron chi connectivity index (χ2n) is 4.68. The van der Waals surface area contributed by atoms with Crippen molar-refractivity contribution in [3.63, 3.8) is 0 Å². The highest BCUT2D eigenvalue weighted by molar-refractivity contribution is 5.47. The van der Waals surface area contributed by atoms with Crippen LogP contribution in [0, 0.1) is 20.8 Å².